The number of aliphatic carboxylic acids is 1. The molecule has 0 fully saturated rings. The van der Waals surface area contributed by atoms with Gasteiger partial charge in [0.1, 0.15) is 12.4 Å². The molecule has 0 saturated carbocycles. The second kappa shape index (κ2) is 6.87. The zero-order chi connectivity index (χ0) is 17.0. The van der Waals surface area contributed by atoms with Crippen LogP contribution in [0.15, 0.2) is 43.3 Å². The van der Waals surface area contributed by atoms with Crippen LogP contribution in [0.25, 0.3) is 11.2 Å². The van der Waals surface area contributed by atoms with Crippen LogP contribution in [0.1, 0.15) is 5.82 Å². The van der Waals surface area contributed by atoms with E-state index in [9.17, 15) is 4.79 Å². The zero-order valence-corrected chi connectivity index (χ0v) is 13.2. The molecule has 0 spiro atoms. The molecule has 0 aliphatic heterocycles. The molecule has 2 aromatic heterocycles. The molecule has 0 saturated heterocycles. The van der Waals surface area contributed by atoms with Gasteiger partial charge in [0.25, 0.3) is 0 Å². The summed E-state index contributed by atoms with van der Waals surface area (Å²) in [5.74, 6) is 0.252. The van der Waals surface area contributed by atoms with E-state index in [-0.39, 0.29) is 6.54 Å². The van der Waals surface area contributed by atoms with Crippen molar-refractivity contribution in [1.29, 1.82) is 0 Å². The van der Waals surface area contributed by atoms with Gasteiger partial charge in [0.2, 0.25) is 0 Å². The van der Waals surface area contributed by atoms with Gasteiger partial charge in [-0.1, -0.05) is 31.4 Å². The van der Waals surface area contributed by atoms with Gasteiger partial charge in [0, 0.05) is 13.6 Å². The number of nitrogens with zero attached hydrogens (tertiary/aromatic N) is 5. The molecule has 7 heteroatoms. The van der Waals surface area contributed by atoms with E-state index >= 15 is 0 Å². The Labute approximate surface area is 134 Å². The standard InChI is InChI=1S/C16H19N5O2/c1-5-6-7-11(2)8-20(4)15-14-16(19-12(3)18-15)21(10-17-14)9-13(22)23/h5-7,10H,1-2,8-9H2,3-4H3,(H,22,23). The van der Waals surface area contributed by atoms with E-state index in [0.29, 0.717) is 29.4 Å². The van der Waals surface area contributed by atoms with Crippen molar-refractivity contribution in [2.24, 2.45) is 0 Å². The first-order valence-electron chi connectivity index (χ1n) is 7.01. The number of hydrogen-bond donors (Lipinski definition) is 1. The van der Waals surface area contributed by atoms with Crippen LogP contribution in [0.2, 0.25) is 0 Å². The number of aryl methyl sites for hydroxylation is 1. The molecule has 0 atom stereocenters. The maximum absolute atomic E-state index is 10.9. The fourth-order valence-corrected chi connectivity index (χ4v) is 2.20. The summed E-state index contributed by atoms with van der Waals surface area (Å²) in [7, 11) is 1.88. The molecule has 2 heterocycles. The number of fused-ring (bicyclic) bond motifs is 1. The average Bonchev–Trinajstić information content (AvgIpc) is 2.86. The maximum Gasteiger partial charge on any atom is 0.323 e. The Morgan fingerprint density at radius 2 is 2.22 bits per heavy atom. The highest BCUT2D eigenvalue weighted by Gasteiger charge is 2.16. The number of anilines is 1. The number of likely N-dealkylation sites (N-methyl/N-ethyl adjacent to an activating group) is 1. The number of carbonyl (C=O) groups is 1. The Hall–Kier alpha value is -2.96. The Kier molecular flexibility index (Phi) is 4.90. The highest BCUT2D eigenvalue weighted by molar-refractivity contribution is 5.84. The predicted octanol–water partition coefficient (Wildman–Crippen LogP) is 1.95. The molecule has 2 aromatic rings. The van der Waals surface area contributed by atoms with Crippen LogP contribution in [0.4, 0.5) is 5.82 Å². The quantitative estimate of drug-likeness (QED) is 0.787. The molecule has 7 nitrogen and oxygen atoms in total. The monoisotopic (exact) mass is 313 g/mol. The molecule has 0 aliphatic carbocycles. The van der Waals surface area contributed by atoms with E-state index in [0.717, 1.165) is 5.57 Å². The summed E-state index contributed by atoms with van der Waals surface area (Å²) >= 11 is 0. The number of rotatable bonds is 7. The maximum atomic E-state index is 10.9. The van der Waals surface area contributed by atoms with E-state index < -0.39 is 5.97 Å². The van der Waals surface area contributed by atoms with Crippen molar-refractivity contribution < 1.29 is 9.90 Å². The lowest BCUT2D eigenvalue weighted by Gasteiger charge is -2.19. The third-order valence-electron chi connectivity index (χ3n) is 3.13. The first kappa shape index (κ1) is 16.4. The average molecular weight is 313 g/mol. The van der Waals surface area contributed by atoms with Crippen molar-refractivity contribution in [3.05, 3.63) is 49.1 Å². The summed E-state index contributed by atoms with van der Waals surface area (Å²) in [6.45, 7) is 9.74. The fraction of sp³-hybridized carbons (Fsp3) is 0.250. The van der Waals surface area contributed by atoms with Crippen molar-refractivity contribution in [1.82, 2.24) is 19.5 Å². The van der Waals surface area contributed by atoms with Gasteiger partial charge in [-0.2, -0.15) is 0 Å². The van der Waals surface area contributed by atoms with Gasteiger partial charge in [0.15, 0.2) is 17.0 Å². The number of aromatic nitrogens is 4. The summed E-state index contributed by atoms with van der Waals surface area (Å²) in [6, 6.07) is 0. The van der Waals surface area contributed by atoms with Gasteiger partial charge >= 0.3 is 5.97 Å². The van der Waals surface area contributed by atoms with Gasteiger partial charge in [-0.25, -0.2) is 15.0 Å². The second-order valence-electron chi connectivity index (χ2n) is 5.14. The number of carboxylic acid groups (broad SMARTS) is 1. The van der Waals surface area contributed by atoms with E-state index in [2.05, 4.69) is 28.1 Å². The summed E-state index contributed by atoms with van der Waals surface area (Å²) in [5, 5.41) is 8.96. The topological polar surface area (TPSA) is 84.1 Å². The Balaban J connectivity index is 2.38. The minimum atomic E-state index is -0.946. The number of imidazole rings is 1. The molecule has 0 unspecified atom stereocenters. The lowest BCUT2D eigenvalue weighted by atomic mass is 10.2. The lowest BCUT2D eigenvalue weighted by molar-refractivity contribution is -0.137. The molecule has 23 heavy (non-hydrogen) atoms. The Morgan fingerprint density at radius 3 is 2.87 bits per heavy atom. The van der Waals surface area contributed by atoms with Crippen molar-refractivity contribution in [3.63, 3.8) is 0 Å². The molecular weight excluding hydrogens is 294 g/mol. The highest BCUT2D eigenvalue weighted by Crippen LogP contribution is 2.22. The Morgan fingerprint density at radius 1 is 1.48 bits per heavy atom. The molecule has 1 N–H and O–H groups in total. The summed E-state index contributed by atoms with van der Waals surface area (Å²) in [5.41, 5.74) is 1.97. The lowest BCUT2D eigenvalue weighted by Crippen LogP contribution is -2.21. The minimum absolute atomic E-state index is 0.190. The molecule has 2 rings (SSSR count). The summed E-state index contributed by atoms with van der Waals surface area (Å²) in [6.07, 6.45) is 6.85. The smallest absolute Gasteiger partial charge is 0.323 e. The third-order valence-corrected chi connectivity index (χ3v) is 3.13. The van der Waals surface area contributed by atoms with E-state index in [1.165, 1.54) is 10.9 Å². The number of allylic oxidation sites excluding steroid dienone is 2. The van der Waals surface area contributed by atoms with E-state index in [4.69, 9.17) is 5.11 Å². The van der Waals surface area contributed by atoms with Crippen LogP contribution in [0, 0.1) is 6.92 Å². The SMILES string of the molecule is C=CC=CC(=C)CN(C)c1nc(C)nc2c1ncn2CC(=O)O. The van der Waals surface area contributed by atoms with Crippen LogP contribution < -0.4 is 4.90 Å². The Bertz CT molecular complexity index is 791. The predicted molar refractivity (Wildman–Crippen MR) is 89.4 cm³/mol. The number of carboxylic acids is 1. The number of hydrogen-bond acceptors (Lipinski definition) is 5. The molecular formula is C16H19N5O2. The van der Waals surface area contributed by atoms with Crippen molar-refractivity contribution >= 4 is 23.0 Å². The van der Waals surface area contributed by atoms with E-state index in [1.807, 2.05) is 24.1 Å². The van der Waals surface area contributed by atoms with E-state index in [1.54, 1.807) is 13.0 Å². The molecule has 0 bridgehead atoms. The van der Waals surface area contributed by atoms with Gasteiger partial charge in [0.05, 0.1) is 6.33 Å². The van der Waals surface area contributed by atoms with Crippen LogP contribution in [0.5, 0.6) is 0 Å². The molecule has 0 radical (unpaired) electrons. The summed E-state index contributed by atoms with van der Waals surface area (Å²) < 4.78 is 1.50. The first-order valence-corrected chi connectivity index (χ1v) is 7.01. The molecule has 0 amide bonds. The molecule has 120 valence electrons. The van der Waals surface area contributed by atoms with Gasteiger partial charge in [-0.15, -0.1) is 0 Å². The zero-order valence-electron chi connectivity index (χ0n) is 13.2. The highest BCUT2D eigenvalue weighted by atomic mass is 16.4. The normalized spacial score (nSPS) is 11.0. The van der Waals surface area contributed by atoms with Gasteiger partial charge in [-0.3, -0.25) is 4.79 Å². The first-order chi connectivity index (χ1) is 10.9. The summed E-state index contributed by atoms with van der Waals surface area (Å²) in [4.78, 5) is 25.9. The van der Waals surface area contributed by atoms with Gasteiger partial charge in [-0.05, 0) is 12.5 Å². The van der Waals surface area contributed by atoms with Gasteiger partial charge < -0.3 is 14.6 Å². The third kappa shape index (κ3) is 3.82. The van der Waals surface area contributed by atoms with Crippen molar-refractivity contribution in [2.45, 2.75) is 13.5 Å². The van der Waals surface area contributed by atoms with Crippen LogP contribution in [-0.2, 0) is 11.3 Å². The minimum Gasteiger partial charge on any atom is -0.480 e. The molecule has 0 aromatic carbocycles. The van der Waals surface area contributed by atoms with Crippen LogP contribution in [0.3, 0.4) is 0 Å². The fourth-order valence-electron chi connectivity index (χ4n) is 2.20. The molecule has 0 aliphatic rings. The largest absolute Gasteiger partial charge is 0.480 e. The van der Waals surface area contributed by atoms with Crippen molar-refractivity contribution in [3.8, 4) is 0 Å². The van der Waals surface area contributed by atoms with Crippen molar-refractivity contribution in [2.75, 3.05) is 18.5 Å². The van der Waals surface area contributed by atoms with Crippen LogP contribution in [-0.4, -0.2) is 44.2 Å². The second-order valence-corrected chi connectivity index (χ2v) is 5.14. The van der Waals surface area contributed by atoms with Crippen LogP contribution >= 0.6 is 0 Å².